The Hall–Kier alpha value is -0.830. The van der Waals surface area contributed by atoms with E-state index in [1.165, 1.54) is 42.6 Å². The molecule has 1 aliphatic carbocycles. The first-order valence-electron chi connectivity index (χ1n) is 7.82. The minimum absolute atomic E-state index is 0.413. The highest BCUT2D eigenvalue weighted by Gasteiger charge is 2.23. The SMILES string of the molecule is CCn1nc(C)c(C(C)NC2CCCC(C)C2)c1C. The number of aromatic nitrogens is 2. The lowest BCUT2D eigenvalue weighted by atomic mass is 9.86. The molecule has 19 heavy (non-hydrogen) atoms. The molecule has 0 aromatic carbocycles. The molecule has 1 fully saturated rings. The van der Waals surface area contributed by atoms with Crippen LogP contribution in [0.2, 0.25) is 0 Å². The van der Waals surface area contributed by atoms with E-state index in [1.54, 1.807) is 0 Å². The van der Waals surface area contributed by atoms with Crippen LogP contribution in [0.5, 0.6) is 0 Å². The van der Waals surface area contributed by atoms with Crippen LogP contribution in [0.3, 0.4) is 0 Å². The predicted molar refractivity (Wildman–Crippen MR) is 80.3 cm³/mol. The predicted octanol–water partition coefficient (Wildman–Crippen LogP) is 3.75. The fourth-order valence-electron chi connectivity index (χ4n) is 3.67. The van der Waals surface area contributed by atoms with Gasteiger partial charge < -0.3 is 5.32 Å². The van der Waals surface area contributed by atoms with Crippen molar-refractivity contribution in [3.05, 3.63) is 17.0 Å². The Bertz CT molecular complexity index is 422. The highest BCUT2D eigenvalue weighted by Crippen LogP contribution is 2.27. The highest BCUT2D eigenvalue weighted by molar-refractivity contribution is 5.27. The Balaban J connectivity index is 2.07. The van der Waals surface area contributed by atoms with E-state index in [4.69, 9.17) is 0 Å². The smallest absolute Gasteiger partial charge is 0.0644 e. The number of nitrogens with one attached hydrogen (secondary N) is 1. The summed E-state index contributed by atoms with van der Waals surface area (Å²) in [5.74, 6) is 0.874. The van der Waals surface area contributed by atoms with Gasteiger partial charge in [0, 0.05) is 29.9 Å². The van der Waals surface area contributed by atoms with E-state index >= 15 is 0 Å². The first-order valence-corrected chi connectivity index (χ1v) is 7.82. The lowest BCUT2D eigenvalue weighted by molar-refractivity contribution is 0.285. The summed E-state index contributed by atoms with van der Waals surface area (Å²) in [5.41, 5.74) is 3.91. The van der Waals surface area contributed by atoms with Gasteiger partial charge in [-0.05, 0) is 46.5 Å². The molecule has 3 unspecified atom stereocenters. The van der Waals surface area contributed by atoms with Crippen molar-refractivity contribution in [2.24, 2.45) is 5.92 Å². The Morgan fingerprint density at radius 3 is 2.68 bits per heavy atom. The minimum Gasteiger partial charge on any atom is -0.307 e. The van der Waals surface area contributed by atoms with E-state index in [0.717, 1.165) is 12.5 Å². The maximum absolute atomic E-state index is 4.63. The zero-order chi connectivity index (χ0) is 14.0. The average Bonchev–Trinajstić information content (AvgIpc) is 2.64. The number of hydrogen-bond donors (Lipinski definition) is 1. The molecule has 1 heterocycles. The van der Waals surface area contributed by atoms with Crippen LogP contribution in [-0.4, -0.2) is 15.8 Å². The topological polar surface area (TPSA) is 29.9 Å². The van der Waals surface area contributed by atoms with Crippen LogP contribution >= 0.6 is 0 Å². The minimum atomic E-state index is 0.413. The van der Waals surface area contributed by atoms with Gasteiger partial charge in [0.15, 0.2) is 0 Å². The molecule has 0 aliphatic heterocycles. The summed E-state index contributed by atoms with van der Waals surface area (Å²) in [6, 6.07) is 1.10. The Morgan fingerprint density at radius 2 is 2.11 bits per heavy atom. The average molecular weight is 263 g/mol. The van der Waals surface area contributed by atoms with Crippen LogP contribution in [-0.2, 0) is 6.54 Å². The molecular formula is C16H29N3. The molecule has 108 valence electrons. The van der Waals surface area contributed by atoms with Gasteiger partial charge in [0.2, 0.25) is 0 Å². The molecule has 0 spiro atoms. The van der Waals surface area contributed by atoms with Gasteiger partial charge in [-0.25, -0.2) is 0 Å². The number of hydrogen-bond acceptors (Lipinski definition) is 2. The maximum atomic E-state index is 4.63. The third kappa shape index (κ3) is 3.19. The Kier molecular flexibility index (Phi) is 4.67. The van der Waals surface area contributed by atoms with Gasteiger partial charge >= 0.3 is 0 Å². The van der Waals surface area contributed by atoms with Crippen molar-refractivity contribution in [2.75, 3.05) is 0 Å². The zero-order valence-electron chi connectivity index (χ0n) is 13.2. The van der Waals surface area contributed by atoms with Gasteiger partial charge in [-0.15, -0.1) is 0 Å². The Labute approximate surface area is 117 Å². The maximum Gasteiger partial charge on any atom is 0.0644 e. The van der Waals surface area contributed by atoms with E-state index in [9.17, 15) is 0 Å². The van der Waals surface area contributed by atoms with E-state index in [-0.39, 0.29) is 0 Å². The van der Waals surface area contributed by atoms with Gasteiger partial charge in [0.25, 0.3) is 0 Å². The largest absolute Gasteiger partial charge is 0.307 e. The van der Waals surface area contributed by atoms with Gasteiger partial charge in [0.1, 0.15) is 0 Å². The molecule has 0 saturated heterocycles. The summed E-state index contributed by atoms with van der Waals surface area (Å²) >= 11 is 0. The van der Waals surface area contributed by atoms with Crippen LogP contribution in [0, 0.1) is 19.8 Å². The van der Waals surface area contributed by atoms with Crippen molar-refractivity contribution < 1.29 is 0 Å². The summed E-state index contributed by atoms with van der Waals surface area (Å²) in [6.45, 7) is 12.1. The molecule has 1 saturated carbocycles. The van der Waals surface area contributed by atoms with Crippen molar-refractivity contribution in [1.29, 1.82) is 0 Å². The summed E-state index contributed by atoms with van der Waals surface area (Å²) in [5, 5.41) is 8.47. The number of rotatable bonds is 4. The summed E-state index contributed by atoms with van der Waals surface area (Å²) < 4.78 is 2.12. The molecule has 3 heteroatoms. The zero-order valence-corrected chi connectivity index (χ0v) is 13.2. The van der Waals surface area contributed by atoms with E-state index in [2.05, 4.69) is 49.7 Å². The van der Waals surface area contributed by atoms with Crippen molar-refractivity contribution in [3.8, 4) is 0 Å². The molecule has 0 amide bonds. The van der Waals surface area contributed by atoms with Crippen LogP contribution in [0.1, 0.15) is 69.4 Å². The quantitative estimate of drug-likeness (QED) is 0.896. The lowest BCUT2D eigenvalue weighted by Crippen LogP contribution is -2.35. The van der Waals surface area contributed by atoms with Crippen molar-refractivity contribution >= 4 is 0 Å². The number of aryl methyl sites for hydroxylation is 2. The second-order valence-electron chi connectivity index (χ2n) is 6.26. The van der Waals surface area contributed by atoms with Crippen molar-refractivity contribution in [1.82, 2.24) is 15.1 Å². The van der Waals surface area contributed by atoms with Crippen LogP contribution < -0.4 is 5.32 Å². The van der Waals surface area contributed by atoms with Gasteiger partial charge in [0.05, 0.1) is 5.69 Å². The highest BCUT2D eigenvalue weighted by atomic mass is 15.3. The summed E-state index contributed by atoms with van der Waals surface area (Å²) in [4.78, 5) is 0. The van der Waals surface area contributed by atoms with E-state index in [1.807, 2.05) is 0 Å². The molecule has 1 aliphatic rings. The number of nitrogens with zero attached hydrogens (tertiary/aromatic N) is 2. The molecule has 3 nitrogen and oxygen atoms in total. The molecule has 1 aromatic heterocycles. The fraction of sp³-hybridized carbons (Fsp3) is 0.812. The Morgan fingerprint density at radius 1 is 1.37 bits per heavy atom. The third-order valence-electron chi connectivity index (χ3n) is 4.59. The van der Waals surface area contributed by atoms with Gasteiger partial charge in [-0.3, -0.25) is 4.68 Å². The molecular weight excluding hydrogens is 234 g/mol. The second kappa shape index (κ2) is 6.08. The third-order valence-corrected chi connectivity index (χ3v) is 4.59. The van der Waals surface area contributed by atoms with Crippen LogP contribution in [0.15, 0.2) is 0 Å². The van der Waals surface area contributed by atoms with Gasteiger partial charge in [-0.1, -0.05) is 19.8 Å². The molecule has 0 radical (unpaired) electrons. The van der Waals surface area contributed by atoms with Crippen molar-refractivity contribution in [3.63, 3.8) is 0 Å². The van der Waals surface area contributed by atoms with E-state index in [0.29, 0.717) is 12.1 Å². The monoisotopic (exact) mass is 263 g/mol. The standard InChI is InChI=1S/C16H29N3/c1-6-19-14(5)16(13(4)18-19)12(3)17-15-9-7-8-11(2)10-15/h11-12,15,17H,6-10H2,1-5H3. The molecule has 1 N–H and O–H groups in total. The normalized spacial score (nSPS) is 25.5. The fourth-order valence-corrected chi connectivity index (χ4v) is 3.67. The summed E-state index contributed by atoms with van der Waals surface area (Å²) in [7, 11) is 0. The van der Waals surface area contributed by atoms with Crippen LogP contribution in [0.4, 0.5) is 0 Å². The second-order valence-corrected chi connectivity index (χ2v) is 6.26. The molecule has 1 aromatic rings. The molecule has 3 atom stereocenters. The van der Waals surface area contributed by atoms with Crippen molar-refractivity contribution in [2.45, 2.75) is 78.9 Å². The first kappa shape index (κ1) is 14.6. The molecule has 0 bridgehead atoms. The van der Waals surface area contributed by atoms with Gasteiger partial charge in [-0.2, -0.15) is 5.10 Å². The van der Waals surface area contributed by atoms with E-state index < -0.39 is 0 Å². The molecule has 2 rings (SSSR count). The first-order chi connectivity index (χ1) is 9.02. The summed E-state index contributed by atoms with van der Waals surface area (Å²) in [6.07, 6.45) is 5.43. The van der Waals surface area contributed by atoms with Crippen LogP contribution in [0.25, 0.3) is 0 Å². The lowest BCUT2D eigenvalue weighted by Gasteiger charge is -2.30.